The van der Waals surface area contributed by atoms with Crippen molar-refractivity contribution in [1.29, 1.82) is 0 Å². The highest BCUT2D eigenvalue weighted by Crippen LogP contribution is 2.43. The Hall–Kier alpha value is -2.64. The number of benzene rings is 1. The van der Waals surface area contributed by atoms with Gasteiger partial charge in [0.2, 0.25) is 11.7 Å². The van der Waals surface area contributed by atoms with Gasteiger partial charge in [-0.1, -0.05) is 13.8 Å². The van der Waals surface area contributed by atoms with Crippen molar-refractivity contribution in [3.63, 3.8) is 0 Å². The summed E-state index contributed by atoms with van der Waals surface area (Å²) in [5, 5.41) is 5.87. The summed E-state index contributed by atoms with van der Waals surface area (Å²) < 4.78 is 16.4. The molecular formula is C22H35N3O5. The molecule has 3 amide bonds. The average molecular weight is 422 g/mol. The van der Waals surface area contributed by atoms with Crippen molar-refractivity contribution in [2.24, 2.45) is 11.8 Å². The Morgan fingerprint density at radius 2 is 1.70 bits per heavy atom. The molecule has 2 N–H and O–H groups in total. The molecule has 1 saturated heterocycles. The quantitative estimate of drug-likeness (QED) is 0.640. The van der Waals surface area contributed by atoms with Crippen LogP contribution >= 0.6 is 0 Å². The molecular weight excluding hydrogens is 386 g/mol. The number of urea groups is 1. The summed E-state index contributed by atoms with van der Waals surface area (Å²) >= 11 is 0. The zero-order valence-electron chi connectivity index (χ0n) is 18.9. The fraction of sp³-hybridized carbons (Fsp3) is 0.636. The first-order valence-electron chi connectivity index (χ1n) is 10.5. The van der Waals surface area contributed by atoms with Crippen LogP contribution in [0.3, 0.4) is 0 Å². The van der Waals surface area contributed by atoms with Crippen molar-refractivity contribution in [1.82, 2.24) is 15.5 Å². The van der Waals surface area contributed by atoms with Gasteiger partial charge in [0.1, 0.15) is 0 Å². The average Bonchev–Trinajstić information content (AvgIpc) is 3.18. The molecule has 1 aromatic rings. The van der Waals surface area contributed by atoms with Crippen LogP contribution in [0, 0.1) is 11.8 Å². The molecule has 8 heteroatoms. The zero-order chi connectivity index (χ0) is 22.3. The van der Waals surface area contributed by atoms with Gasteiger partial charge < -0.3 is 29.7 Å². The predicted molar refractivity (Wildman–Crippen MR) is 115 cm³/mol. The summed E-state index contributed by atoms with van der Waals surface area (Å²) in [7, 11) is 4.68. The Labute approximate surface area is 179 Å². The van der Waals surface area contributed by atoms with Gasteiger partial charge in [0.15, 0.2) is 11.5 Å². The fourth-order valence-corrected chi connectivity index (χ4v) is 3.77. The first-order chi connectivity index (χ1) is 14.4. The van der Waals surface area contributed by atoms with Gasteiger partial charge in [-0.15, -0.1) is 0 Å². The summed E-state index contributed by atoms with van der Waals surface area (Å²) in [6.45, 7) is 8.08. The highest BCUT2D eigenvalue weighted by Gasteiger charge is 2.41. The molecule has 8 nitrogen and oxygen atoms in total. The van der Waals surface area contributed by atoms with E-state index in [2.05, 4.69) is 24.5 Å². The van der Waals surface area contributed by atoms with Crippen LogP contribution in [-0.2, 0) is 4.79 Å². The van der Waals surface area contributed by atoms with Crippen LogP contribution in [-0.4, -0.2) is 64.3 Å². The second kappa shape index (κ2) is 10.9. The second-order valence-corrected chi connectivity index (χ2v) is 7.89. The van der Waals surface area contributed by atoms with Crippen molar-refractivity contribution >= 4 is 11.9 Å². The van der Waals surface area contributed by atoms with Gasteiger partial charge in [-0.05, 0) is 37.0 Å². The van der Waals surface area contributed by atoms with E-state index in [1.54, 1.807) is 26.2 Å². The summed E-state index contributed by atoms with van der Waals surface area (Å²) in [6.07, 6.45) is 0.910. The van der Waals surface area contributed by atoms with Crippen LogP contribution in [0.2, 0.25) is 0 Å². The smallest absolute Gasteiger partial charge is 0.317 e. The van der Waals surface area contributed by atoms with E-state index in [-0.39, 0.29) is 23.8 Å². The SMILES string of the molecule is CCNC(=O)N1CC(C(=O)NCCC(C)C)C(c2cc(OC)c(OC)c(OC)c2)C1. The lowest BCUT2D eigenvalue weighted by Crippen LogP contribution is -2.40. The van der Waals surface area contributed by atoms with E-state index in [9.17, 15) is 9.59 Å². The third-order valence-electron chi connectivity index (χ3n) is 5.41. The number of hydrogen-bond donors (Lipinski definition) is 2. The Kier molecular flexibility index (Phi) is 8.62. The summed E-state index contributed by atoms with van der Waals surface area (Å²) in [4.78, 5) is 27.2. The molecule has 0 spiro atoms. The molecule has 0 aliphatic carbocycles. The maximum atomic E-state index is 13.0. The molecule has 2 rings (SSSR count). The molecule has 30 heavy (non-hydrogen) atoms. The number of hydrogen-bond acceptors (Lipinski definition) is 5. The molecule has 1 heterocycles. The highest BCUT2D eigenvalue weighted by molar-refractivity contribution is 5.83. The first kappa shape index (κ1) is 23.6. The maximum absolute atomic E-state index is 13.0. The second-order valence-electron chi connectivity index (χ2n) is 7.89. The number of likely N-dealkylation sites (tertiary alicyclic amines) is 1. The number of carbonyl (C=O) groups is 2. The van der Waals surface area contributed by atoms with Crippen LogP contribution in [0.1, 0.15) is 38.7 Å². The molecule has 1 aliphatic heterocycles. The fourth-order valence-electron chi connectivity index (χ4n) is 3.77. The van der Waals surface area contributed by atoms with Gasteiger partial charge in [0.05, 0.1) is 27.2 Å². The van der Waals surface area contributed by atoms with E-state index in [0.717, 1.165) is 12.0 Å². The van der Waals surface area contributed by atoms with Crippen LogP contribution < -0.4 is 24.8 Å². The third kappa shape index (κ3) is 5.49. The lowest BCUT2D eigenvalue weighted by atomic mass is 9.87. The number of methoxy groups -OCH3 is 3. The van der Waals surface area contributed by atoms with E-state index < -0.39 is 0 Å². The number of nitrogens with one attached hydrogen (secondary N) is 2. The minimum absolute atomic E-state index is 0.0406. The molecule has 0 saturated carbocycles. The molecule has 1 aliphatic rings. The Bertz CT molecular complexity index is 712. The van der Waals surface area contributed by atoms with E-state index in [4.69, 9.17) is 14.2 Å². The molecule has 1 aromatic carbocycles. The van der Waals surface area contributed by atoms with Crippen LogP contribution in [0.15, 0.2) is 12.1 Å². The van der Waals surface area contributed by atoms with Gasteiger partial charge in [-0.25, -0.2) is 4.79 Å². The van der Waals surface area contributed by atoms with Gasteiger partial charge >= 0.3 is 6.03 Å². The van der Waals surface area contributed by atoms with Crippen LogP contribution in [0.25, 0.3) is 0 Å². The van der Waals surface area contributed by atoms with Crippen molar-refractivity contribution in [2.75, 3.05) is 47.5 Å². The van der Waals surface area contributed by atoms with Gasteiger partial charge in [-0.2, -0.15) is 0 Å². The van der Waals surface area contributed by atoms with Gasteiger partial charge in [0.25, 0.3) is 0 Å². The standard InChI is InChI=1S/C22H35N3O5/c1-7-23-22(27)25-12-16(17(13-25)21(26)24-9-8-14(2)3)15-10-18(28-4)20(30-6)19(11-15)29-5/h10-11,14,16-17H,7-9,12-13H2,1-6H3,(H,23,27)(H,24,26). The molecule has 0 aromatic heterocycles. The van der Waals surface area contributed by atoms with Gasteiger partial charge in [0, 0.05) is 32.1 Å². The predicted octanol–water partition coefficient (Wildman–Crippen LogP) is 2.62. The largest absolute Gasteiger partial charge is 0.493 e. The molecule has 2 unspecified atom stereocenters. The van der Waals surface area contributed by atoms with Gasteiger partial charge in [-0.3, -0.25) is 4.79 Å². The Balaban J connectivity index is 2.34. The number of amides is 3. The minimum Gasteiger partial charge on any atom is -0.493 e. The molecule has 0 bridgehead atoms. The summed E-state index contributed by atoms with van der Waals surface area (Å²) in [5.41, 5.74) is 0.875. The van der Waals surface area contributed by atoms with E-state index in [1.807, 2.05) is 19.1 Å². The molecule has 1 fully saturated rings. The van der Waals surface area contributed by atoms with Crippen LogP contribution in [0.4, 0.5) is 4.79 Å². The number of ether oxygens (including phenoxy) is 3. The van der Waals surface area contributed by atoms with E-state index >= 15 is 0 Å². The van der Waals surface area contributed by atoms with E-state index in [0.29, 0.717) is 49.3 Å². The summed E-state index contributed by atoms with van der Waals surface area (Å²) in [5.74, 6) is 1.49. The topological polar surface area (TPSA) is 89.1 Å². The lowest BCUT2D eigenvalue weighted by molar-refractivity contribution is -0.124. The third-order valence-corrected chi connectivity index (χ3v) is 5.41. The Morgan fingerprint density at radius 3 is 2.20 bits per heavy atom. The summed E-state index contributed by atoms with van der Waals surface area (Å²) in [6, 6.07) is 3.57. The highest BCUT2D eigenvalue weighted by atomic mass is 16.5. The van der Waals surface area contributed by atoms with Crippen molar-refractivity contribution < 1.29 is 23.8 Å². The molecule has 168 valence electrons. The van der Waals surface area contributed by atoms with Crippen molar-refractivity contribution in [3.05, 3.63) is 17.7 Å². The first-order valence-corrected chi connectivity index (χ1v) is 10.5. The lowest BCUT2D eigenvalue weighted by Gasteiger charge is -2.21. The Morgan fingerprint density at radius 1 is 1.07 bits per heavy atom. The van der Waals surface area contributed by atoms with E-state index in [1.165, 1.54) is 0 Å². The normalized spacial score (nSPS) is 18.3. The molecule has 0 radical (unpaired) electrons. The van der Waals surface area contributed by atoms with Crippen LogP contribution in [0.5, 0.6) is 17.2 Å². The zero-order valence-corrected chi connectivity index (χ0v) is 18.9. The van der Waals surface area contributed by atoms with Crippen molar-refractivity contribution in [3.8, 4) is 17.2 Å². The van der Waals surface area contributed by atoms with Crippen molar-refractivity contribution in [2.45, 2.75) is 33.1 Å². The molecule has 2 atom stereocenters. The minimum atomic E-state index is -0.359. The number of rotatable bonds is 9. The number of nitrogens with zero attached hydrogens (tertiary/aromatic N) is 1. The monoisotopic (exact) mass is 421 g/mol. The maximum Gasteiger partial charge on any atom is 0.317 e. The number of carbonyl (C=O) groups excluding carboxylic acids is 2.